The second-order valence-electron chi connectivity index (χ2n) is 5.69. The molecule has 0 aliphatic carbocycles. The molecule has 1 heterocycles. The first-order valence-electron chi connectivity index (χ1n) is 5.93. The highest BCUT2D eigenvalue weighted by Gasteiger charge is 2.23. The van der Waals surface area contributed by atoms with Crippen LogP contribution in [0.2, 0.25) is 0 Å². The molecule has 1 atom stereocenters. The largest absolute Gasteiger partial charge is 0.384 e. The Balaban J connectivity index is 3.21. The highest BCUT2D eigenvalue weighted by atomic mass is 16.5. The number of hydrogen-bond acceptors (Lipinski definition) is 4. The van der Waals surface area contributed by atoms with E-state index in [1.807, 2.05) is 6.07 Å². The predicted molar refractivity (Wildman–Crippen MR) is 69.7 cm³/mol. The zero-order valence-corrected chi connectivity index (χ0v) is 11.6. The predicted octanol–water partition coefficient (Wildman–Crippen LogP) is 2.70. The van der Waals surface area contributed by atoms with Gasteiger partial charge >= 0.3 is 0 Å². The molecule has 0 saturated heterocycles. The molecule has 96 valence electrons. The zero-order valence-electron chi connectivity index (χ0n) is 11.6. The number of nitrogens with zero attached hydrogens (tertiary/aromatic N) is 2. The topological polar surface area (TPSA) is 61.0 Å². The number of aromatic nitrogens is 2. The second kappa shape index (κ2) is 5.00. The smallest absolute Gasteiger partial charge is 0.159 e. The lowest BCUT2D eigenvalue weighted by molar-refractivity contribution is 0.0572. The SMILES string of the molecule is COC(c1nc(N)cc(C(C)(C)C)n1)C(C)C. The number of nitrogens with two attached hydrogens (primary N) is 1. The zero-order chi connectivity index (χ0) is 13.2. The van der Waals surface area contributed by atoms with Gasteiger partial charge in [-0.25, -0.2) is 9.97 Å². The lowest BCUT2D eigenvalue weighted by Gasteiger charge is -2.22. The molecule has 0 amide bonds. The Morgan fingerprint density at radius 2 is 1.82 bits per heavy atom. The monoisotopic (exact) mass is 237 g/mol. The lowest BCUT2D eigenvalue weighted by atomic mass is 9.91. The van der Waals surface area contributed by atoms with Crippen molar-refractivity contribution in [3.63, 3.8) is 0 Å². The molecule has 0 fully saturated rings. The van der Waals surface area contributed by atoms with Crippen molar-refractivity contribution in [1.82, 2.24) is 9.97 Å². The van der Waals surface area contributed by atoms with Crippen LogP contribution in [0.3, 0.4) is 0 Å². The summed E-state index contributed by atoms with van der Waals surface area (Å²) in [4.78, 5) is 8.86. The number of hydrogen-bond donors (Lipinski definition) is 1. The molecule has 1 unspecified atom stereocenters. The molecule has 1 aromatic rings. The molecule has 1 aromatic heterocycles. The third-order valence-electron chi connectivity index (χ3n) is 2.65. The van der Waals surface area contributed by atoms with E-state index >= 15 is 0 Å². The fourth-order valence-electron chi connectivity index (χ4n) is 1.67. The van der Waals surface area contributed by atoms with Crippen LogP contribution in [0.25, 0.3) is 0 Å². The van der Waals surface area contributed by atoms with Gasteiger partial charge in [0.25, 0.3) is 0 Å². The lowest BCUT2D eigenvalue weighted by Crippen LogP contribution is -2.20. The molecule has 17 heavy (non-hydrogen) atoms. The summed E-state index contributed by atoms with van der Waals surface area (Å²) in [6.45, 7) is 10.5. The first-order chi connectivity index (χ1) is 7.75. The Morgan fingerprint density at radius 3 is 2.24 bits per heavy atom. The van der Waals surface area contributed by atoms with E-state index in [-0.39, 0.29) is 11.5 Å². The van der Waals surface area contributed by atoms with E-state index < -0.39 is 0 Å². The summed E-state index contributed by atoms with van der Waals surface area (Å²) in [5.74, 6) is 1.49. The van der Waals surface area contributed by atoms with Crippen LogP contribution in [0.1, 0.15) is 52.2 Å². The first-order valence-corrected chi connectivity index (χ1v) is 5.93. The molecule has 0 aliphatic heterocycles. The molecule has 0 bridgehead atoms. The van der Waals surface area contributed by atoms with Gasteiger partial charge in [0, 0.05) is 18.6 Å². The number of ether oxygens (including phenoxy) is 1. The molecule has 0 spiro atoms. The fraction of sp³-hybridized carbons (Fsp3) is 0.692. The molecule has 1 rings (SSSR count). The van der Waals surface area contributed by atoms with Gasteiger partial charge in [0.1, 0.15) is 11.9 Å². The normalized spacial score (nSPS) is 14.1. The number of methoxy groups -OCH3 is 1. The van der Waals surface area contributed by atoms with Gasteiger partial charge in [-0.2, -0.15) is 0 Å². The van der Waals surface area contributed by atoms with Crippen LogP contribution >= 0.6 is 0 Å². The van der Waals surface area contributed by atoms with Crippen molar-refractivity contribution in [2.45, 2.75) is 46.1 Å². The van der Waals surface area contributed by atoms with Crippen LogP contribution in [0, 0.1) is 5.92 Å². The van der Waals surface area contributed by atoms with Gasteiger partial charge in [0.05, 0.1) is 5.69 Å². The van der Waals surface area contributed by atoms with Crippen LogP contribution in [0.15, 0.2) is 6.07 Å². The Labute approximate surface area is 104 Å². The van der Waals surface area contributed by atoms with Crippen LogP contribution in [-0.4, -0.2) is 17.1 Å². The molecule has 2 N–H and O–H groups in total. The van der Waals surface area contributed by atoms with Gasteiger partial charge < -0.3 is 10.5 Å². The summed E-state index contributed by atoms with van der Waals surface area (Å²) in [6, 6.07) is 1.83. The number of rotatable bonds is 3. The van der Waals surface area contributed by atoms with Gasteiger partial charge in [-0.05, 0) is 5.92 Å². The van der Waals surface area contributed by atoms with Gasteiger partial charge in [-0.3, -0.25) is 0 Å². The Bertz CT molecular complexity index is 383. The number of nitrogen functional groups attached to an aromatic ring is 1. The summed E-state index contributed by atoms with van der Waals surface area (Å²) < 4.78 is 5.44. The molecule has 4 heteroatoms. The highest BCUT2D eigenvalue weighted by molar-refractivity contribution is 5.33. The minimum absolute atomic E-state index is 0.0406. The molecule has 4 nitrogen and oxygen atoms in total. The molecule has 0 aliphatic rings. The first kappa shape index (κ1) is 13.9. The molecule has 0 aromatic carbocycles. The van der Waals surface area contributed by atoms with E-state index in [1.165, 1.54) is 0 Å². The van der Waals surface area contributed by atoms with E-state index in [4.69, 9.17) is 10.5 Å². The summed E-state index contributed by atoms with van der Waals surface area (Å²) in [5.41, 5.74) is 6.75. The van der Waals surface area contributed by atoms with E-state index in [9.17, 15) is 0 Å². The third-order valence-corrected chi connectivity index (χ3v) is 2.65. The van der Waals surface area contributed by atoms with Crippen molar-refractivity contribution >= 4 is 5.82 Å². The van der Waals surface area contributed by atoms with Crippen molar-refractivity contribution < 1.29 is 4.74 Å². The van der Waals surface area contributed by atoms with E-state index in [2.05, 4.69) is 44.6 Å². The maximum Gasteiger partial charge on any atom is 0.159 e. The molecule has 0 saturated carbocycles. The standard InChI is InChI=1S/C13H23N3O/c1-8(2)11(17-6)12-15-9(13(3,4)5)7-10(14)16-12/h7-8,11H,1-6H3,(H2,14,15,16). The third kappa shape index (κ3) is 3.40. The van der Waals surface area contributed by atoms with Gasteiger partial charge in [0.2, 0.25) is 0 Å². The Morgan fingerprint density at radius 1 is 1.24 bits per heavy atom. The summed E-state index contributed by atoms with van der Waals surface area (Å²) in [5, 5.41) is 0. The summed E-state index contributed by atoms with van der Waals surface area (Å²) >= 11 is 0. The average molecular weight is 237 g/mol. The van der Waals surface area contributed by atoms with Crippen LogP contribution in [0.5, 0.6) is 0 Å². The van der Waals surface area contributed by atoms with Crippen LogP contribution in [0.4, 0.5) is 5.82 Å². The van der Waals surface area contributed by atoms with Crippen molar-refractivity contribution in [3.05, 3.63) is 17.6 Å². The molecule has 0 radical (unpaired) electrons. The molecular weight excluding hydrogens is 214 g/mol. The quantitative estimate of drug-likeness (QED) is 0.878. The van der Waals surface area contributed by atoms with E-state index in [0.29, 0.717) is 17.6 Å². The van der Waals surface area contributed by atoms with Gasteiger partial charge in [-0.1, -0.05) is 34.6 Å². The van der Waals surface area contributed by atoms with Gasteiger partial charge in [-0.15, -0.1) is 0 Å². The molecular formula is C13H23N3O. The van der Waals surface area contributed by atoms with Crippen LogP contribution < -0.4 is 5.73 Å². The Kier molecular flexibility index (Phi) is 4.09. The van der Waals surface area contributed by atoms with Gasteiger partial charge in [0.15, 0.2) is 5.82 Å². The number of anilines is 1. The maximum atomic E-state index is 5.84. The van der Waals surface area contributed by atoms with Crippen molar-refractivity contribution in [2.24, 2.45) is 5.92 Å². The van der Waals surface area contributed by atoms with E-state index in [0.717, 1.165) is 5.69 Å². The van der Waals surface area contributed by atoms with Crippen molar-refractivity contribution in [2.75, 3.05) is 12.8 Å². The summed E-state index contributed by atoms with van der Waals surface area (Å²) in [6.07, 6.45) is -0.111. The fourth-order valence-corrected chi connectivity index (χ4v) is 1.67. The maximum absolute atomic E-state index is 5.84. The Hall–Kier alpha value is -1.16. The van der Waals surface area contributed by atoms with Crippen molar-refractivity contribution in [1.29, 1.82) is 0 Å². The average Bonchev–Trinajstić information content (AvgIpc) is 2.15. The van der Waals surface area contributed by atoms with E-state index in [1.54, 1.807) is 7.11 Å². The highest BCUT2D eigenvalue weighted by Crippen LogP contribution is 2.26. The van der Waals surface area contributed by atoms with Crippen LogP contribution in [-0.2, 0) is 10.2 Å². The minimum atomic E-state index is -0.111. The second-order valence-corrected chi connectivity index (χ2v) is 5.69. The minimum Gasteiger partial charge on any atom is -0.384 e. The summed E-state index contributed by atoms with van der Waals surface area (Å²) in [7, 11) is 1.67. The van der Waals surface area contributed by atoms with Crippen molar-refractivity contribution in [3.8, 4) is 0 Å².